The number of nitrogens with one attached hydrogen (secondary N) is 1. The van der Waals surface area contributed by atoms with Crippen LogP contribution in [-0.2, 0) is 4.79 Å². The van der Waals surface area contributed by atoms with Crippen LogP contribution in [0, 0.1) is 11.8 Å². The van der Waals surface area contributed by atoms with E-state index in [1.165, 1.54) is 0 Å². The fourth-order valence-electron chi connectivity index (χ4n) is 4.26. The number of carbonyl (C=O) groups excluding carboxylic acids is 1. The van der Waals surface area contributed by atoms with Crippen molar-refractivity contribution in [3.63, 3.8) is 0 Å². The highest BCUT2D eigenvalue weighted by Crippen LogP contribution is 2.46. The van der Waals surface area contributed by atoms with E-state index in [4.69, 9.17) is 23.2 Å². The second-order valence-electron chi connectivity index (χ2n) is 6.78. The molecule has 2 aliphatic rings. The standard InChI is InChI=1S/C20H19Cl2NO/c21-14-6-1-4-12(10-14)18-16-8-3-9-17(20(16)24)19(23-18)13-5-2-7-15(22)11-13/h1-2,4-7,10-11,16-19,23H,3,8-9H2/t16-,17+,18+,19-. The van der Waals surface area contributed by atoms with E-state index in [1.54, 1.807) is 0 Å². The minimum Gasteiger partial charge on any atom is -0.302 e. The van der Waals surface area contributed by atoms with E-state index < -0.39 is 0 Å². The monoisotopic (exact) mass is 359 g/mol. The van der Waals surface area contributed by atoms with Gasteiger partial charge in [-0.2, -0.15) is 0 Å². The Hall–Kier alpha value is -1.35. The van der Waals surface area contributed by atoms with Crippen LogP contribution in [0.4, 0.5) is 0 Å². The Kier molecular flexibility index (Phi) is 4.38. The molecule has 4 heteroatoms. The lowest BCUT2D eigenvalue weighted by atomic mass is 9.67. The Morgan fingerprint density at radius 2 is 1.33 bits per heavy atom. The molecule has 1 N–H and O–H groups in total. The molecule has 0 unspecified atom stereocenters. The van der Waals surface area contributed by atoms with Crippen molar-refractivity contribution in [1.29, 1.82) is 0 Å². The van der Waals surface area contributed by atoms with E-state index in [2.05, 4.69) is 17.4 Å². The third-order valence-corrected chi connectivity index (χ3v) is 5.81. The van der Waals surface area contributed by atoms with Gasteiger partial charge in [0.1, 0.15) is 5.78 Å². The minimum atomic E-state index is 0.0109. The molecule has 2 bridgehead atoms. The topological polar surface area (TPSA) is 29.1 Å². The molecule has 1 aliphatic carbocycles. The van der Waals surface area contributed by atoms with Gasteiger partial charge in [0.05, 0.1) is 0 Å². The first-order valence-corrected chi connectivity index (χ1v) is 9.20. The van der Waals surface area contributed by atoms with Gasteiger partial charge in [-0.25, -0.2) is 0 Å². The zero-order chi connectivity index (χ0) is 16.7. The van der Waals surface area contributed by atoms with Gasteiger partial charge < -0.3 is 5.32 Å². The lowest BCUT2D eigenvalue weighted by Gasteiger charge is -2.45. The first kappa shape index (κ1) is 16.1. The molecule has 2 aromatic rings. The molecule has 124 valence electrons. The van der Waals surface area contributed by atoms with Gasteiger partial charge in [-0.15, -0.1) is 0 Å². The predicted octanol–water partition coefficient (Wildman–Crippen LogP) is 5.36. The molecule has 0 aromatic heterocycles. The Bertz CT molecular complexity index is 714. The summed E-state index contributed by atoms with van der Waals surface area (Å²) in [5.41, 5.74) is 2.18. The highest BCUT2D eigenvalue weighted by atomic mass is 35.5. The van der Waals surface area contributed by atoms with Crippen LogP contribution in [0.5, 0.6) is 0 Å². The SMILES string of the molecule is O=C1[C@H]2CCC[C@@H]1[C@H](c1cccc(Cl)c1)N[C@@H]2c1cccc(Cl)c1. The van der Waals surface area contributed by atoms with E-state index in [1.807, 2.05) is 36.4 Å². The van der Waals surface area contributed by atoms with Crippen molar-refractivity contribution < 1.29 is 4.79 Å². The molecular weight excluding hydrogens is 341 g/mol. The Morgan fingerprint density at radius 1 is 0.833 bits per heavy atom. The Balaban J connectivity index is 1.74. The van der Waals surface area contributed by atoms with E-state index in [0.717, 1.165) is 30.4 Å². The highest BCUT2D eigenvalue weighted by Gasteiger charge is 2.46. The number of rotatable bonds is 2. The van der Waals surface area contributed by atoms with Crippen molar-refractivity contribution in [2.24, 2.45) is 11.8 Å². The van der Waals surface area contributed by atoms with E-state index in [9.17, 15) is 4.79 Å². The van der Waals surface area contributed by atoms with Crippen LogP contribution in [0.15, 0.2) is 48.5 Å². The summed E-state index contributed by atoms with van der Waals surface area (Å²) in [6, 6.07) is 15.7. The zero-order valence-corrected chi connectivity index (χ0v) is 14.7. The van der Waals surface area contributed by atoms with Crippen molar-refractivity contribution in [2.45, 2.75) is 31.3 Å². The quantitative estimate of drug-likeness (QED) is 0.781. The lowest BCUT2D eigenvalue weighted by Crippen LogP contribution is -2.50. The number of hydrogen-bond acceptors (Lipinski definition) is 2. The molecule has 0 spiro atoms. The first-order chi connectivity index (χ1) is 11.6. The summed E-state index contributed by atoms with van der Waals surface area (Å²) >= 11 is 12.4. The van der Waals surface area contributed by atoms with E-state index in [0.29, 0.717) is 15.8 Å². The van der Waals surface area contributed by atoms with Crippen LogP contribution in [0.25, 0.3) is 0 Å². The van der Waals surface area contributed by atoms with Crippen molar-refractivity contribution in [1.82, 2.24) is 5.32 Å². The Labute approximate surface area is 152 Å². The molecule has 24 heavy (non-hydrogen) atoms. The average molecular weight is 360 g/mol. The maximum Gasteiger partial charge on any atom is 0.142 e. The second kappa shape index (κ2) is 6.51. The number of Topliss-reactive ketones (excluding diaryl/α,β-unsaturated/α-hetero) is 1. The normalized spacial score (nSPS) is 29.5. The third-order valence-electron chi connectivity index (χ3n) is 5.34. The van der Waals surface area contributed by atoms with Gasteiger partial charge in [0, 0.05) is 34.0 Å². The molecule has 1 saturated heterocycles. The van der Waals surface area contributed by atoms with Crippen LogP contribution in [0.1, 0.15) is 42.5 Å². The molecule has 4 rings (SSSR count). The molecule has 2 aromatic carbocycles. The number of fused-ring (bicyclic) bond motifs is 2. The number of carbonyl (C=O) groups is 1. The Morgan fingerprint density at radius 3 is 1.79 bits per heavy atom. The molecule has 1 heterocycles. The number of hydrogen-bond donors (Lipinski definition) is 1. The fourth-order valence-corrected chi connectivity index (χ4v) is 4.66. The van der Waals surface area contributed by atoms with E-state index in [-0.39, 0.29) is 23.9 Å². The number of ketones is 1. The number of halogens is 2. The largest absolute Gasteiger partial charge is 0.302 e. The first-order valence-electron chi connectivity index (χ1n) is 8.44. The summed E-state index contributed by atoms with van der Waals surface area (Å²) in [5, 5.41) is 5.15. The van der Waals surface area contributed by atoms with Gasteiger partial charge in [-0.1, -0.05) is 53.9 Å². The van der Waals surface area contributed by atoms with E-state index >= 15 is 0 Å². The van der Waals surface area contributed by atoms with Crippen molar-refractivity contribution in [3.8, 4) is 0 Å². The van der Waals surface area contributed by atoms with Gasteiger partial charge in [-0.05, 0) is 48.2 Å². The van der Waals surface area contributed by atoms with Crippen LogP contribution >= 0.6 is 23.2 Å². The van der Waals surface area contributed by atoms with Crippen molar-refractivity contribution in [3.05, 3.63) is 69.7 Å². The van der Waals surface area contributed by atoms with Crippen LogP contribution in [-0.4, -0.2) is 5.78 Å². The molecule has 2 nitrogen and oxygen atoms in total. The summed E-state index contributed by atoms with van der Waals surface area (Å²) in [7, 11) is 0. The average Bonchev–Trinajstić information content (AvgIpc) is 2.55. The second-order valence-corrected chi connectivity index (χ2v) is 7.65. The van der Waals surface area contributed by atoms with Crippen LogP contribution < -0.4 is 5.32 Å². The molecule has 0 amide bonds. The zero-order valence-electron chi connectivity index (χ0n) is 13.2. The van der Waals surface area contributed by atoms with Gasteiger partial charge in [0.2, 0.25) is 0 Å². The minimum absolute atomic E-state index is 0.0109. The molecule has 1 saturated carbocycles. The summed E-state index contributed by atoms with van der Waals surface area (Å²) in [6.45, 7) is 0. The van der Waals surface area contributed by atoms with Gasteiger partial charge in [0.25, 0.3) is 0 Å². The summed E-state index contributed by atoms with van der Waals surface area (Å²) in [5.74, 6) is 0.463. The fraction of sp³-hybridized carbons (Fsp3) is 0.350. The summed E-state index contributed by atoms with van der Waals surface area (Å²) in [6.07, 6.45) is 2.99. The van der Waals surface area contributed by atoms with Gasteiger partial charge in [-0.3, -0.25) is 4.79 Å². The van der Waals surface area contributed by atoms with Crippen molar-refractivity contribution in [2.75, 3.05) is 0 Å². The summed E-state index contributed by atoms with van der Waals surface area (Å²) < 4.78 is 0. The highest BCUT2D eigenvalue weighted by molar-refractivity contribution is 6.30. The van der Waals surface area contributed by atoms with Crippen LogP contribution in [0.2, 0.25) is 10.0 Å². The van der Waals surface area contributed by atoms with Crippen LogP contribution in [0.3, 0.4) is 0 Å². The third kappa shape index (κ3) is 2.88. The summed E-state index contributed by atoms with van der Waals surface area (Å²) in [4.78, 5) is 13.0. The molecule has 4 atom stereocenters. The molecule has 0 radical (unpaired) electrons. The number of benzene rings is 2. The van der Waals surface area contributed by atoms with Crippen molar-refractivity contribution >= 4 is 29.0 Å². The lowest BCUT2D eigenvalue weighted by molar-refractivity contribution is -0.135. The maximum absolute atomic E-state index is 13.0. The van der Waals surface area contributed by atoms with Gasteiger partial charge in [0.15, 0.2) is 0 Å². The molecular formula is C20H19Cl2NO. The van der Waals surface area contributed by atoms with Gasteiger partial charge >= 0.3 is 0 Å². The smallest absolute Gasteiger partial charge is 0.142 e. The predicted molar refractivity (Wildman–Crippen MR) is 97.4 cm³/mol. The molecule has 2 fully saturated rings. The molecule has 1 aliphatic heterocycles. The maximum atomic E-state index is 13.0. The number of piperidine rings is 1.